The van der Waals surface area contributed by atoms with E-state index in [0.717, 1.165) is 6.42 Å². The lowest BCUT2D eigenvalue weighted by atomic mass is 10.0. The summed E-state index contributed by atoms with van der Waals surface area (Å²) in [5.41, 5.74) is 0. The van der Waals surface area contributed by atoms with E-state index in [-0.39, 0.29) is 30.2 Å². The molecule has 1 aliphatic carbocycles. The first kappa shape index (κ1) is 8.97. The second-order valence-electron chi connectivity index (χ2n) is 3.73. The number of esters is 1. The molecule has 1 saturated heterocycles. The van der Waals surface area contributed by atoms with E-state index in [4.69, 9.17) is 9.47 Å². The van der Waals surface area contributed by atoms with Gasteiger partial charge in [0.15, 0.2) is 0 Å². The second-order valence-corrected chi connectivity index (χ2v) is 3.73. The Morgan fingerprint density at radius 2 is 2.46 bits per heavy atom. The molecule has 4 nitrogen and oxygen atoms in total. The number of hydrogen-bond acceptors (Lipinski definition) is 4. The highest BCUT2D eigenvalue weighted by Gasteiger charge is 2.54. The molecule has 2 rings (SSSR count). The first-order valence-corrected chi connectivity index (χ1v) is 4.65. The van der Waals surface area contributed by atoms with E-state index >= 15 is 0 Å². The quantitative estimate of drug-likeness (QED) is 0.501. The van der Waals surface area contributed by atoms with Gasteiger partial charge in [-0.1, -0.05) is 0 Å². The molecule has 74 valence electrons. The minimum atomic E-state index is -0.265. The van der Waals surface area contributed by atoms with Crippen LogP contribution < -0.4 is 0 Å². The van der Waals surface area contributed by atoms with E-state index in [2.05, 4.69) is 0 Å². The Labute approximate surface area is 76.8 Å². The standard InChI is InChI=1S/C9H14O4/c1-5(10)12-3-2-6-7(11)4-8-9(6)13-8/h6-9,11H,2-4H2,1H3/t6-,7-,8+,9-/m1/s1. The van der Waals surface area contributed by atoms with Crippen LogP contribution in [0.25, 0.3) is 0 Å². The zero-order chi connectivity index (χ0) is 9.42. The largest absolute Gasteiger partial charge is 0.466 e. The van der Waals surface area contributed by atoms with Crippen LogP contribution >= 0.6 is 0 Å². The Hall–Kier alpha value is -0.610. The molecule has 0 aromatic rings. The Kier molecular flexibility index (Phi) is 2.26. The van der Waals surface area contributed by atoms with E-state index in [1.165, 1.54) is 6.92 Å². The second kappa shape index (κ2) is 3.27. The molecule has 0 aromatic carbocycles. The summed E-state index contributed by atoms with van der Waals surface area (Å²) in [5.74, 6) is -0.0925. The lowest BCUT2D eigenvalue weighted by molar-refractivity contribution is -0.141. The molecule has 1 N–H and O–H groups in total. The van der Waals surface area contributed by atoms with E-state index in [1.54, 1.807) is 0 Å². The molecule has 0 aromatic heterocycles. The van der Waals surface area contributed by atoms with Crippen LogP contribution in [0.4, 0.5) is 0 Å². The Morgan fingerprint density at radius 3 is 3.00 bits per heavy atom. The van der Waals surface area contributed by atoms with Crippen LogP contribution in [0.2, 0.25) is 0 Å². The van der Waals surface area contributed by atoms with Crippen molar-refractivity contribution in [2.45, 2.75) is 38.1 Å². The van der Waals surface area contributed by atoms with E-state index in [1.807, 2.05) is 0 Å². The van der Waals surface area contributed by atoms with E-state index in [0.29, 0.717) is 13.0 Å². The van der Waals surface area contributed by atoms with Crippen molar-refractivity contribution in [3.8, 4) is 0 Å². The summed E-state index contributed by atoms with van der Waals surface area (Å²) in [6.45, 7) is 1.78. The lowest BCUT2D eigenvalue weighted by Crippen LogP contribution is -2.22. The molecule has 0 radical (unpaired) electrons. The highest BCUT2D eigenvalue weighted by molar-refractivity contribution is 5.65. The minimum absolute atomic E-state index is 0.171. The number of fused-ring (bicyclic) bond motifs is 1. The smallest absolute Gasteiger partial charge is 0.302 e. The number of epoxide rings is 1. The summed E-state index contributed by atoms with van der Waals surface area (Å²) in [6, 6.07) is 0. The summed E-state index contributed by atoms with van der Waals surface area (Å²) in [4.78, 5) is 10.5. The summed E-state index contributed by atoms with van der Waals surface area (Å²) >= 11 is 0. The van der Waals surface area contributed by atoms with Crippen LogP contribution in [0.15, 0.2) is 0 Å². The van der Waals surface area contributed by atoms with Crippen LogP contribution in [-0.4, -0.2) is 36.0 Å². The SMILES string of the molecule is CC(=O)OCC[C@H]1[C@H]2O[C@H]2C[C@H]1O. The number of hydrogen-bond donors (Lipinski definition) is 1. The van der Waals surface area contributed by atoms with Gasteiger partial charge in [0.25, 0.3) is 0 Å². The monoisotopic (exact) mass is 186 g/mol. The maximum Gasteiger partial charge on any atom is 0.302 e. The zero-order valence-electron chi connectivity index (χ0n) is 7.60. The fourth-order valence-corrected chi connectivity index (χ4v) is 2.05. The third-order valence-electron chi connectivity index (χ3n) is 2.77. The predicted molar refractivity (Wildman–Crippen MR) is 44.0 cm³/mol. The molecule has 4 atom stereocenters. The molecule has 1 saturated carbocycles. The summed E-state index contributed by atoms with van der Waals surface area (Å²) in [6.07, 6.45) is 1.69. The third kappa shape index (κ3) is 1.84. The van der Waals surface area contributed by atoms with Gasteiger partial charge in [-0.15, -0.1) is 0 Å². The Balaban J connectivity index is 1.72. The third-order valence-corrected chi connectivity index (χ3v) is 2.77. The topological polar surface area (TPSA) is 59.1 Å². The van der Waals surface area contributed by atoms with Gasteiger partial charge in [-0.3, -0.25) is 4.79 Å². The molecule has 2 fully saturated rings. The minimum Gasteiger partial charge on any atom is -0.466 e. The fraction of sp³-hybridized carbons (Fsp3) is 0.889. The summed E-state index contributed by atoms with van der Waals surface area (Å²) < 4.78 is 10.1. The van der Waals surface area contributed by atoms with Crippen molar-refractivity contribution in [2.75, 3.05) is 6.61 Å². The van der Waals surface area contributed by atoms with Gasteiger partial charge in [0.05, 0.1) is 24.9 Å². The van der Waals surface area contributed by atoms with Crippen LogP contribution in [0.3, 0.4) is 0 Å². The van der Waals surface area contributed by atoms with Crippen molar-refractivity contribution in [3.05, 3.63) is 0 Å². The van der Waals surface area contributed by atoms with Crippen LogP contribution in [-0.2, 0) is 14.3 Å². The lowest BCUT2D eigenvalue weighted by Gasteiger charge is -2.15. The Morgan fingerprint density at radius 1 is 1.69 bits per heavy atom. The highest BCUT2D eigenvalue weighted by atomic mass is 16.6. The molecule has 1 aliphatic heterocycles. The Bertz CT molecular complexity index is 214. The molecule has 0 unspecified atom stereocenters. The molecule has 2 aliphatic rings. The number of ether oxygens (including phenoxy) is 2. The number of aliphatic hydroxyl groups is 1. The van der Waals surface area contributed by atoms with Crippen molar-refractivity contribution >= 4 is 5.97 Å². The van der Waals surface area contributed by atoms with Crippen molar-refractivity contribution in [1.82, 2.24) is 0 Å². The first-order valence-electron chi connectivity index (χ1n) is 4.65. The van der Waals surface area contributed by atoms with E-state index in [9.17, 15) is 9.90 Å². The highest BCUT2D eigenvalue weighted by Crippen LogP contribution is 2.44. The molecule has 1 heterocycles. The molecule has 4 heteroatoms. The average Bonchev–Trinajstić information content (AvgIpc) is 2.71. The molecular weight excluding hydrogens is 172 g/mol. The van der Waals surface area contributed by atoms with E-state index < -0.39 is 0 Å². The van der Waals surface area contributed by atoms with Gasteiger partial charge in [-0.2, -0.15) is 0 Å². The van der Waals surface area contributed by atoms with Gasteiger partial charge < -0.3 is 14.6 Å². The summed E-state index contributed by atoms with van der Waals surface area (Å²) in [5, 5.41) is 9.53. The van der Waals surface area contributed by atoms with Crippen molar-refractivity contribution in [1.29, 1.82) is 0 Å². The predicted octanol–water partition coefficient (Wildman–Crippen LogP) is 0.0878. The number of carbonyl (C=O) groups is 1. The maximum atomic E-state index is 10.5. The maximum absolute atomic E-state index is 10.5. The number of aliphatic hydroxyl groups excluding tert-OH is 1. The molecule has 0 amide bonds. The number of carbonyl (C=O) groups excluding carboxylic acids is 1. The normalized spacial score (nSPS) is 41.4. The van der Waals surface area contributed by atoms with Gasteiger partial charge in [0.2, 0.25) is 0 Å². The van der Waals surface area contributed by atoms with Gasteiger partial charge in [0, 0.05) is 19.3 Å². The van der Waals surface area contributed by atoms with Gasteiger partial charge in [-0.05, 0) is 6.42 Å². The fourth-order valence-electron chi connectivity index (χ4n) is 2.05. The first-order chi connectivity index (χ1) is 6.18. The molecule has 0 spiro atoms. The van der Waals surface area contributed by atoms with Gasteiger partial charge >= 0.3 is 5.97 Å². The molecule has 13 heavy (non-hydrogen) atoms. The summed E-state index contributed by atoms with van der Waals surface area (Å²) in [7, 11) is 0. The molecular formula is C9H14O4. The van der Waals surface area contributed by atoms with Crippen molar-refractivity contribution < 1.29 is 19.4 Å². The van der Waals surface area contributed by atoms with Crippen LogP contribution in [0.5, 0.6) is 0 Å². The number of rotatable bonds is 3. The zero-order valence-corrected chi connectivity index (χ0v) is 7.60. The average molecular weight is 186 g/mol. The van der Waals surface area contributed by atoms with Crippen molar-refractivity contribution in [3.63, 3.8) is 0 Å². The van der Waals surface area contributed by atoms with Crippen LogP contribution in [0.1, 0.15) is 19.8 Å². The van der Waals surface area contributed by atoms with Gasteiger partial charge in [0.1, 0.15) is 0 Å². The van der Waals surface area contributed by atoms with Crippen molar-refractivity contribution in [2.24, 2.45) is 5.92 Å². The molecule has 0 bridgehead atoms. The van der Waals surface area contributed by atoms with Crippen LogP contribution in [0, 0.1) is 5.92 Å². The van der Waals surface area contributed by atoms with Gasteiger partial charge in [-0.25, -0.2) is 0 Å².